The van der Waals surface area contributed by atoms with Gasteiger partial charge in [-0.2, -0.15) is 0 Å². The molecule has 0 atom stereocenters. The van der Waals surface area contributed by atoms with E-state index in [1.807, 2.05) is 6.92 Å². The zero-order valence-corrected chi connectivity index (χ0v) is 11.9. The highest BCUT2D eigenvalue weighted by molar-refractivity contribution is 7.18. The molecule has 0 aromatic carbocycles. The van der Waals surface area contributed by atoms with E-state index in [-0.39, 0.29) is 5.56 Å². The summed E-state index contributed by atoms with van der Waals surface area (Å²) >= 11 is 1.59. The quantitative estimate of drug-likeness (QED) is 0.888. The highest BCUT2D eigenvalue weighted by Gasteiger charge is 2.14. The molecule has 0 unspecified atom stereocenters. The molecule has 3 N–H and O–H groups in total. The first kappa shape index (κ1) is 13.2. The van der Waals surface area contributed by atoms with Crippen molar-refractivity contribution in [2.45, 2.75) is 33.6 Å². The first-order chi connectivity index (χ1) is 8.52. The number of aryl methyl sites for hydroxylation is 1. The van der Waals surface area contributed by atoms with E-state index in [0.29, 0.717) is 12.5 Å². The zero-order valence-electron chi connectivity index (χ0n) is 11.0. The van der Waals surface area contributed by atoms with E-state index >= 15 is 0 Å². The van der Waals surface area contributed by atoms with Crippen molar-refractivity contribution in [3.05, 3.63) is 26.6 Å². The number of thiophene rings is 1. The van der Waals surface area contributed by atoms with Crippen LogP contribution in [-0.2, 0) is 12.8 Å². The minimum absolute atomic E-state index is 0.0207. The van der Waals surface area contributed by atoms with Gasteiger partial charge in [0.2, 0.25) is 0 Å². The number of aromatic nitrogens is 2. The van der Waals surface area contributed by atoms with Crippen LogP contribution in [0.5, 0.6) is 0 Å². The molecule has 5 heteroatoms. The average molecular weight is 265 g/mol. The summed E-state index contributed by atoms with van der Waals surface area (Å²) < 4.78 is 0. The van der Waals surface area contributed by atoms with Crippen LogP contribution in [0.25, 0.3) is 10.2 Å². The van der Waals surface area contributed by atoms with Crippen LogP contribution in [0, 0.1) is 12.8 Å². The van der Waals surface area contributed by atoms with Gasteiger partial charge in [-0.15, -0.1) is 11.3 Å². The van der Waals surface area contributed by atoms with Crippen LogP contribution in [0.15, 0.2) is 4.79 Å². The molecule has 0 bridgehead atoms. The Labute approximate surface area is 110 Å². The first-order valence-corrected chi connectivity index (χ1v) is 7.05. The van der Waals surface area contributed by atoms with Crippen molar-refractivity contribution in [2.75, 3.05) is 6.54 Å². The predicted octanol–water partition coefficient (Wildman–Crippen LogP) is 1.99. The Balaban J connectivity index is 2.56. The topological polar surface area (TPSA) is 71.8 Å². The molecule has 0 amide bonds. The minimum atomic E-state index is -0.0207. The van der Waals surface area contributed by atoms with E-state index in [4.69, 9.17) is 5.73 Å². The van der Waals surface area contributed by atoms with Crippen molar-refractivity contribution < 1.29 is 0 Å². The highest BCUT2D eigenvalue weighted by Crippen LogP contribution is 2.27. The maximum atomic E-state index is 12.1. The van der Waals surface area contributed by atoms with Crippen LogP contribution in [-0.4, -0.2) is 16.5 Å². The number of H-pyrrole nitrogens is 1. The Morgan fingerprint density at radius 2 is 2.17 bits per heavy atom. The molecule has 0 saturated carbocycles. The molecule has 18 heavy (non-hydrogen) atoms. The summed E-state index contributed by atoms with van der Waals surface area (Å²) in [5.74, 6) is 1.26. The standard InChI is InChI=1S/C13H19N3OS/c1-7(2)6-10-15-12(17)11-8(3)9(4-5-14)18-13(11)16-10/h7H,4-6,14H2,1-3H3,(H,15,16,17). The molecule has 2 aromatic rings. The van der Waals surface area contributed by atoms with Crippen LogP contribution >= 0.6 is 11.3 Å². The van der Waals surface area contributed by atoms with Crippen molar-refractivity contribution in [3.63, 3.8) is 0 Å². The molecule has 0 saturated heterocycles. The van der Waals surface area contributed by atoms with Crippen LogP contribution < -0.4 is 11.3 Å². The maximum Gasteiger partial charge on any atom is 0.259 e. The molecule has 0 aliphatic carbocycles. The molecule has 2 aromatic heterocycles. The van der Waals surface area contributed by atoms with Gasteiger partial charge in [-0.05, 0) is 31.4 Å². The summed E-state index contributed by atoms with van der Waals surface area (Å²) in [7, 11) is 0. The summed E-state index contributed by atoms with van der Waals surface area (Å²) in [6.45, 7) is 6.81. The second-order valence-electron chi connectivity index (χ2n) is 4.98. The minimum Gasteiger partial charge on any atom is -0.330 e. The van der Waals surface area contributed by atoms with Crippen LogP contribution in [0.2, 0.25) is 0 Å². The van der Waals surface area contributed by atoms with Gasteiger partial charge in [0.1, 0.15) is 10.7 Å². The molecular weight excluding hydrogens is 246 g/mol. The predicted molar refractivity (Wildman–Crippen MR) is 76.3 cm³/mol. The summed E-state index contributed by atoms with van der Waals surface area (Å²) in [6, 6.07) is 0. The van der Waals surface area contributed by atoms with Crippen LogP contribution in [0.4, 0.5) is 0 Å². The van der Waals surface area contributed by atoms with E-state index in [2.05, 4.69) is 23.8 Å². The lowest BCUT2D eigenvalue weighted by molar-refractivity contribution is 0.621. The molecular formula is C13H19N3OS. The van der Waals surface area contributed by atoms with Crippen molar-refractivity contribution in [1.82, 2.24) is 9.97 Å². The molecule has 0 aliphatic heterocycles. The molecule has 98 valence electrons. The number of nitrogens with two attached hydrogens (primary N) is 1. The third-order valence-electron chi connectivity index (χ3n) is 2.92. The maximum absolute atomic E-state index is 12.1. The number of nitrogens with zero attached hydrogens (tertiary/aromatic N) is 1. The van der Waals surface area contributed by atoms with Gasteiger partial charge >= 0.3 is 0 Å². The highest BCUT2D eigenvalue weighted by atomic mass is 32.1. The van der Waals surface area contributed by atoms with Crippen molar-refractivity contribution in [1.29, 1.82) is 0 Å². The van der Waals surface area contributed by atoms with Gasteiger partial charge < -0.3 is 10.7 Å². The average Bonchev–Trinajstić information content (AvgIpc) is 2.55. The normalized spacial score (nSPS) is 11.6. The third kappa shape index (κ3) is 2.47. The molecule has 0 spiro atoms. The fraction of sp³-hybridized carbons (Fsp3) is 0.538. The number of hydrogen-bond acceptors (Lipinski definition) is 4. The van der Waals surface area contributed by atoms with Gasteiger partial charge in [-0.1, -0.05) is 13.8 Å². The number of fused-ring (bicyclic) bond motifs is 1. The summed E-state index contributed by atoms with van der Waals surface area (Å²) in [4.78, 5) is 21.6. The lowest BCUT2D eigenvalue weighted by Crippen LogP contribution is -2.13. The second-order valence-corrected chi connectivity index (χ2v) is 6.06. The SMILES string of the molecule is Cc1c(CCN)sc2nc(CC(C)C)[nH]c(=O)c12. The van der Waals surface area contributed by atoms with E-state index in [1.165, 1.54) is 4.88 Å². The van der Waals surface area contributed by atoms with Gasteiger partial charge in [0, 0.05) is 11.3 Å². The molecule has 2 heterocycles. The lowest BCUT2D eigenvalue weighted by Gasteiger charge is -2.03. The number of hydrogen-bond donors (Lipinski definition) is 2. The first-order valence-electron chi connectivity index (χ1n) is 6.24. The van der Waals surface area contributed by atoms with Gasteiger partial charge in [-0.25, -0.2) is 4.98 Å². The van der Waals surface area contributed by atoms with Gasteiger partial charge in [0.25, 0.3) is 5.56 Å². The monoisotopic (exact) mass is 265 g/mol. The Bertz CT molecular complexity index is 612. The Morgan fingerprint density at radius 1 is 1.44 bits per heavy atom. The lowest BCUT2D eigenvalue weighted by atomic mass is 10.1. The van der Waals surface area contributed by atoms with Gasteiger partial charge in [-0.3, -0.25) is 4.79 Å². The van der Waals surface area contributed by atoms with E-state index < -0.39 is 0 Å². The number of nitrogens with one attached hydrogen (secondary N) is 1. The van der Waals surface area contributed by atoms with E-state index in [1.54, 1.807) is 11.3 Å². The number of rotatable bonds is 4. The molecule has 0 fully saturated rings. The summed E-state index contributed by atoms with van der Waals surface area (Å²) in [6.07, 6.45) is 1.61. The fourth-order valence-corrected chi connectivity index (χ4v) is 3.30. The third-order valence-corrected chi connectivity index (χ3v) is 4.17. The van der Waals surface area contributed by atoms with E-state index in [0.717, 1.165) is 34.4 Å². The smallest absolute Gasteiger partial charge is 0.259 e. The largest absolute Gasteiger partial charge is 0.330 e. The van der Waals surface area contributed by atoms with Gasteiger partial charge in [0.15, 0.2) is 0 Å². The Morgan fingerprint density at radius 3 is 2.78 bits per heavy atom. The Hall–Kier alpha value is -1.20. The molecule has 4 nitrogen and oxygen atoms in total. The Kier molecular flexibility index (Phi) is 3.82. The molecule has 0 radical (unpaired) electrons. The van der Waals surface area contributed by atoms with Crippen LogP contribution in [0.3, 0.4) is 0 Å². The van der Waals surface area contributed by atoms with E-state index in [9.17, 15) is 4.79 Å². The fourth-order valence-electron chi connectivity index (χ4n) is 2.09. The number of aromatic amines is 1. The second kappa shape index (κ2) is 5.20. The summed E-state index contributed by atoms with van der Waals surface area (Å²) in [5, 5.41) is 0.732. The van der Waals surface area contributed by atoms with Crippen molar-refractivity contribution in [3.8, 4) is 0 Å². The zero-order chi connectivity index (χ0) is 13.3. The molecule has 2 rings (SSSR count). The van der Waals surface area contributed by atoms with Gasteiger partial charge in [0.05, 0.1) is 5.39 Å². The van der Waals surface area contributed by atoms with Crippen molar-refractivity contribution in [2.24, 2.45) is 11.7 Å². The summed E-state index contributed by atoms with van der Waals surface area (Å²) in [5.41, 5.74) is 6.60. The van der Waals surface area contributed by atoms with Crippen LogP contribution in [0.1, 0.15) is 30.1 Å². The van der Waals surface area contributed by atoms with Crippen molar-refractivity contribution >= 4 is 21.6 Å². The molecule has 0 aliphatic rings.